The number of nitriles is 1. The Balaban J connectivity index is 1.90. The lowest BCUT2D eigenvalue weighted by Gasteiger charge is -2.07. The minimum atomic E-state index is -3.90. The van der Waals surface area contributed by atoms with E-state index in [1.807, 2.05) is 30.3 Å². The van der Waals surface area contributed by atoms with Crippen molar-refractivity contribution in [2.45, 2.75) is 4.90 Å². The average Bonchev–Trinajstić information content (AvgIpc) is 2.67. The summed E-state index contributed by atoms with van der Waals surface area (Å²) < 4.78 is 29.9. The van der Waals surface area contributed by atoms with Crippen molar-refractivity contribution in [1.29, 1.82) is 5.26 Å². The second kappa shape index (κ2) is 7.68. The Hall–Kier alpha value is -3.36. The molecule has 0 heterocycles. The van der Waals surface area contributed by atoms with Gasteiger partial charge < -0.3 is 4.18 Å². The molecule has 5 heteroatoms. The molecule has 0 saturated carbocycles. The van der Waals surface area contributed by atoms with Gasteiger partial charge >= 0.3 is 10.1 Å². The molecule has 26 heavy (non-hydrogen) atoms. The summed E-state index contributed by atoms with van der Waals surface area (Å²) in [6.45, 7) is 0. The third kappa shape index (κ3) is 4.18. The molecule has 0 spiro atoms. The first-order valence-corrected chi connectivity index (χ1v) is 9.26. The Morgan fingerprint density at radius 1 is 0.885 bits per heavy atom. The van der Waals surface area contributed by atoms with Crippen LogP contribution in [0.25, 0.3) is 11.6 Å². The Bertz CT molecular complexity index is 1070. The second-order valence-electron chi connectivity index (χ2n) is 5.46. The van der Waals surface area contributed by atoms with Gasteiger partial charge in [0.2, 0.25) is 0 Å². The SMILES string of the molecule is N#C/C(=C/c1cccc(OS(=O)(=O)c2ccccc2)c1)c1ccccc1. The van der Waals surface area contributed by atoms with E-state index in [1.54, 1.807) is 48.5 Å². The van der Waals surface area contributed by atoms with E-state index in [-0.39, 0.29) is 10.6 Å². The molecule has 3 rings (SSSR count). The first kappa shape index (κ1) is 17.5. The van der Waals surface area contributed by atoms with Gasteiger partial charge in [-0.3, -0.25) is 0 Å². The van der Waals surface area contributed by atoms with Crippen LogP contribution in [0.4, 0.5) is 0 Å². The summed E-state index contributed by atoms with van der Waals surface area (Å²) in [5.41, 5.74) is 1.94. The normalized spacial score (nSPS) is 11.6. The summed E-state index contributed by atoms with van der Waals surface area (Å²) in [5, 5.41) is 9.40. The maximum atomic E-state index is 12.3. The minimum absolute atomic E-state index is 0.0861. The summed E-state index contributed by atoms with van der Waals surface area (Å²) >= 11 is 0. The molecule has 0 aliphatic heterocycles. The van der Waals surface area contributed by atoms with Gasteiger partial charge in [0.15, 0.2) is 0 Å². The molecule has 4 nitrogen and oxygen atoms in total. The summed E-state index contributed by atoms with van der Waals surface area (Å²) in [4.78, 5) is 0.0861. The minimum Gasteiger partial charge on any atom is -0.379 e. The Labute approximate surface area is 152 Å². The van der Waals surface area contributed by atoms with Crippen LogP contribution in [0.15, 0.2) is 89.8 Å². The van der Waals surface area contributed by atoms with Gasteiger partial charge in [0.05, 0.1) is 11.6 Å². The first-order chi connectivity index (χ1) is 12.6. The molecule has 3 aromatic rings. The molecule has 0 aromatic heterocycles. The van der Waals surface area contributed by atoms with Crippen molar-refractivity contribution >= 4 is 21.8 Å². The predicted molar refractivity (Wildman–Crippen MR) is 101 cm³/mol. The number of hydrogen-bond donors (Lipinski definition) is 0. The van der Waals surface area contributed by atoms with E-state index in [1.165, 1.54) is 12.1 Å². The van der Waals surface area contributed by atoms with Crippen LogP contribution in [0.1, 0.15) is 11.1 Å². The van der Waals surface area contributed by atoms with E-state index in [2.05, 4.69) is 6.07 Å². The van der Waals surface area contributed by atoms with Gasteiger partial charge in [-0.15, -0.1) is 0 Å². The third-order valence-electron chi connectivity index (χ3n) is 3.61. The molecule has 0 amide bonds. The molecule has 0 radical (unpaired) electrons. The van der Waals surface area contributed by atoms with Crippen molar-refractivity contribution < 1.29 is 12.6 Å². The number of allylic oxidation sites excluding steroid dienone is 1. The van der Waals surface area contributed by atoms with Gasteiger partial charge in [-0.05, 0) is 41.5 Å². The fourth-order valence-electron chi connectivity index (χ4n) is 2.38. The van der Waals surface area contributed by atoms with E-state index in [4.69, 9.17) is 4.18 Å². The number of rotatable bonds is 5. The molecule has 0 bridgehead atoms. The average molecular weight is 361 g/mol. The molecular formula is C21H15NO3S. The Morgan fingerprint density at radius 2 is 1.54 bits per heavy atom. The van der Waals surface area contributed by atoms with Crippen LogP contribution in [0.2, 0.25) is 0 Å². The van der Waals surface area contributed by atoms with Crippen molar-refractivity contribution in [1.82, 2.24) is 0 Å². The van der Waals surface area contributed by atoms with Gasteiger partial charge in [-0.1, -0.05) is 60.7 Å². The molecule has 3 aromatic carbocycles. The van der Waals surface area contributed by atoms with Crippen LogP contribution in [-0.4, -0.2) is 8.42 Å². The van der Waals surface area contributed by atoms with Crippen LogP contribution in [0.5, 0.6) is 5.75 Å². The molecule has 0 aliphatic carbocycles. The molecule has 128 valence electrons. The van der Waals surface area contributed by atoms with Gasteiger partial charge in [0.1, 0.15) is 10.6 Å². The quantitative estimate of drug-likeness (QED) is 0.381. The van der Waals surface area contributed by atoms with Crippen LogP contribution in [-0.2, 0) is 10.1 Å². The smallest absolute Gasteiger partial charge is 0.339 e. The van der Waals surface area contributed by atoms with E-state index >= 15 is 0 Å². The summed E-state index contributed by atoms with van der Waals surface area (Å²) in [5.74, 6) is 0.188. The monoisotopic (exact) mass is 361 g/mol. The van der Waals surface area contributed by atoms with Crippen LogP contribution >= 0.6 is 0 Å². The Morgan fingerprint density at radius 3 is 2.19 bits per heavy atom. The van der Waals surface area contributed by atoms with Gasteiger partial charge in [0.25, 0.3) is 0 Å². The lowest BCUT2D eigenvalue weighted by Crippen LogP contribution is -2.09. The van der Waals surface area contributed by atoms with E-state index in [9.17, 15) is 13.7 Å². The fourth-order valence-corrected chi connectivity index (χ4v) is 3.33. The van der Waals surface area contributed by atoms with E-state index in [0.29, 0.717) is 11.1 Å². The zero-order valence-electron chi connectivity index (χ0n) is 13.7. The van der Waals surface area contributed by atoms with Gasteiger partial charge in [-0.2, -0.15) is 13.7 Å². The van der Waals surface area contributed by atoms with E-state index < -0.39 is 10.1 Å². The van der Waals surface area contributed by atoms with Crippen LogP contribution in [0, 0.1) is 11.3 Å². The highest BCUT2D eigenvalue weighted by Crippen LogP contribution is 2.23. The van der Waals surface area contributed by atoms with Crippen molar-refractivity contribution in [3.05, 3.63) is 96.1 Å². The highest BCUT2D eigenvalue weighted by molar-refractivity contribution is 7.87. The highest BCUT2D eigenvalue weighted by Gasteiger charge is 2.16. The van der Waals surface area contributed by atoms with Crippen LogP contribution < -0.4 is 4.18 Å². The molecule has 0 fully saturated rings. The fraction of sp³-hybridized carbons (Fsp3) is 0. The lowest BCUT2D eigenvalue weighted by atomic mass is 10.0. The standard InChI is InChI=1S/C21H15NO3S/c22-16-19(18-9-3-1-4-10-18)14-17-8-7-11-20(15-17)25-26(23,24)21-12-5-2-6-13-21/h1-15H/b19-14-. The maximum Gasteiger partial charge on any atom is 0.339 e. The van der Waals surface area contributed by atoms with Crippen molar-refractivity contribution in [3.63, 3.8) is 0 Å². The largest absolute Gasteiger partial charge is 0.379 e. The zero-order chi connectivity index (χ0) is 18.4. The lowest BCUT2D eigenvalue weighted by molar-refractivity contribution is 0.486. The van der Waals surface area contributed by atoms with Crippen molar-refractivity contribution in [3.8, 4) is 11.8 Å². The van der Waals surface area contributed by atoms with E-state index in [0.717, 1.165) is 5.56 Å². The maximum absolute atomic E-state index is 12.3. The number of benzene rings is 3. The zero-order valence-corrected chi connectivity index (χ0v) is 14.6. The highest BCUT2D eigenvalue weighted by atomic mass is 32.2. The first-order valence-electron chi connectivity index (χ1n) is 7.85. The Kier molecular flexibility index (Phi) is 5.16. The van der Waals surface area contributed by atoms with Gasteiger partial charge in [-0.25, -0.2) is 0 Å². The molecular weight excluding hydrogens is 346 g/mol. The van der Waals surface area contributed by atoms with Gasteiger partial charge in [0, 0.05) is 0 Å². The number of hydrogen-bond acceptors (Lipinski definition) is 4. The summed E-state index contributed by atoms with van der Waals surface area (Å²) in [7, 11) is -3.90. The van der Waals surface area contributed by atoms with Crippen LogP contribution in [0.3, 0.4) is 0 Å². The molecule has 0 atom stereocenters. The molecule has 0 aliphatic rings. The van der Waals surface area contributed by atoms with Crippen molar-refractivity contribution in [2.24, 2.45) is 0 Å². The topological polar surface area (TPSA) is 67.2 Å². The summed E-state index contributed by atoms with van der Waals surface area (Å²) in [6.07, 6.45) is 1.69. The predicted octanol–water partition coefficient (Wildman–Crippen LogP) is 4.52. The third-order valence-corrected chi connectivity index (χ3v) is 4.87. The molecule has 0 unspecified atom stereocenters. The molecule has 0 N–H and O–H groups in total. The van der Waals surface area contributed by atoms with Crippen molar-refractivity contribution in [2.75, 3.05) is 0 Å². The molecule has 0 saturated heterocycles. The number of nitrogens with zero attached hydrogens (tertiary/aromatic N) is 1. The second-order valence-corrected chi connectivity index (χ2v) is 7.01. The summed E-state index contributed by atoms with van der Waals surface area (Å²) in [6, 6.07) is 26.0.